The van der Waals surface area contributed by atoms with Crippen LogP contribution in [0.4, 0.5) is 0 Å². The molecule has 0 bridgehead atoms. The first-order chi connectivity index (χ1) is 19.5. The number of nitrogens with zero attached hydrogens (tertiary/aromatic N) is 2. The molecule has 1 aliphatic rings. The van der Waals surface area contributed by atoms with E-state index in [2.05, 4.69) is 24.4 Å². The minimum absolute atomic E-state index is 0.0757. The zero-order valence-electron chi connectivity index (χ0n) is 26.0. The molecule has 1 N–H and O–H groups in total. The Kier molecular flexibility index (Phi) is 17.7. The van der Waals surface area contributed by atoms with Crippen LogP contribution < -0.4 is 5.32 Å². The van der Waals surface area contributed by atoms with E-state index < -0.39 is 29.4 Å². The lowest BCUT2D eigenvalue weighted by atomic mass is 9.86. The van der Waals surface area contributed by atoms with Gasteiger partial charge in [0.05, 0.1) is 0 Å². The molecule has 1 saturated heterocycles. The molecule has 41 heavy (non-hydrogen) atoms. The highest BCUT2D eigenvalue weighted by Gasteiger charge is 2.39. The normalized spacial score (nSPS) is 14.6. The van der Waals surface area contributed by atoms with Gasteiger partial charge in [-0.25, -0.2) is 0 Å². The number of ether oxygens (including phenoxy) is 2. The van der Waals surface area contributed by atoms with E-state index in [1.54, 1.807) is 18.7 Å². The van der Waals surface area contributed by atoms with Crippen molar-refractivity contribution in [1.82, 2.24) is 15.1 Å². The van der Waals surface area contributed by atoms with Crippen molar-refractivity contribution in [2.45, 2.75) is 111 Å². The van der Waals surface area contributed by atoms with Gasteiger partial charge in [-0.1, -0.05) is 58.6 Å². The van der Waals surface area contributed by atoms with Crippen LogP contribution in [0.2, 0.25) is 0 Å². The fourth-order valence-electron chi connectivity index (χ4n) is 4.64. The van der Waals surface area contributed by atoms with Crippen LogP contribution in [-0.4, -0.2) is 84.9 Å². The Morgan fingerprint density at radius 3 is 1.83 bits per heavy atom. The topological polar surface area (TPSA) is 122 Å². The van der Waals surface area contributed by atoms with Crippen molar-refractivity contribution in [3.05, 3.63) is 12.2 Å². The Bertz CT molecular complexity index is 864. The summed E-state index contributed by atoms with van der Waals surface area (Å²) in [5, 5.41) is 2.66. The van der Waals surface area contributed by atoms with Gasteiger partial charge in [0, 0.05) is 64.8 Å². The number of amides is 3. The number of nitrogens with one attached hydrogen (secondary N) is 1. The lowest BCUT2D eigenvalue weighted by molar-refractivity contribution is -0.166. The second-order valence-corrected chi connectivity index (χ2v) is 11.5. The molecule has 1 aliphatic heterocycles. The van der Waals surface area contributed by atoms with Crippen LogP contribution in [-0.2, 0) is 33.4 Å². The van der Waals surface area contributed by atoms with Gasteiger partial charge in [0.1, 0.15) is 6.61 Å². The fraction of sp³-hybridized carbons (Fsp3) is 0.774. The van der Waals surface area contributed by atoms with E-state index >= 15 is 0 Å². The molecular formula is C31H53N3O7. The molecule has 0 aromatic rings. The van der Waals surface area contributed by atoms with Crippen molar-refractivity contribution in [3.8, 4) is 0 Å². The summed E-state index contributed by atoms with van der Waals surface area (Å²) >= 11 is 0. The van der Waals surface area contributed by atoms with Crippen molar-refractivity contribution >= 4 is 29.7 Å². The number of carbonyl (C=O) groups excluding carboxylic acids is 5. The number of carbonyl (C=O) groups is 5. The van der Waals surface area contributed by atoms with Gasteiger partial charge in [-0.15, -0.1) is 0 Å². The molecule has 10 heteroatoms. The Balaban J connectivity index is 2.30. The molecule has 1 fully saturated rings. The molecule has 0 saturated carbocycles. The van der Waals surface area contributed by atoms with Crippen molar-refractivity contribution in [2.75, 3.05) is 39.3 Å². The number of hydrogen-bond acceptors (Lipinski definition) is 7. The summed E-state index contributed by atoms with van der Waals surface area (Å²) in [7, 11) is 0. The minimum atomic E-state index is -1.18. The first-order valence-corrected chi connectivity index (χ1v) is 15.3. The average molecular weight is 580 g/mol. The maximum absolute atomic E-state index is 12.8. The number of allylic oxidation sites excluding steroid dienone is 2. The monoisotopic (exact) mass is 579 g/mol. The van der Waals surface area contributed by atoms with Gasteiger partial charge in [0.25, 0.3) is 5.91 Å². The third kappa shape index (κ3) is 15.6. The Morgan fingerprint density at radius 1 is 0.780 bits per heavy atom. The molecule has 3 amide bonds. The minimum Gasteiger partial charge on any atom is -0.465 e. The van der Waals surface area contributed by atoms with Gasteiger partial charge in [0.2, 0.25) is 11.8 Å². The van der Waals surface area contributed by atoms with Crippen LogP contribution in [0.25, 0.3) is 0 Å². The number of unbranched alkanes of at least 4 members (excludes halogenated alkanes) is 7. The molecule has 1 rings (SSSR count). The second kappa shape index (κ2) is 20.0. The number of hydrogen-bond donors (Lipinski definition) is 1. The number of esters is 2. The van der Waals surface area contributed by atoms with E-state index in [1.807, 2.05) is 4.90 Å². The molecule has 1 unspecified atom stereocenters. The standard InChI is InChI=1S/C31H53N3O7/c1-6-7-8-9-10-11-12-13-14-15-16-17-27(37)33-20-22-34(23-21-33)28(38)18-19-32-30(39)29(41-26(3)36)31(4,5)24-40-25(2)35/h11-12,29H,6-10,13-24H2,1-5H3,(H,32,39). The van der Waals surface area contributed by atoms with E-state index in [0.29, 0.717) is 32.6 Å². The summed E-state index contributed by atoms with van der Waals surface area (Å²) < 4.78 is 10.2. The quantitative estimate of drug-likeness (QED) is 0.138. The largest absolute Gasteiger partial charge is 0.465 e. The molecule has 0 spiro atoms. The van der Waals surface area contributed by atoms with Gasteiger partial charge in [-0.3, -0.25) is 24.0 Å². The molecule has 0 aromatic carbocycles. The third-order valence-electron chi connectivity index (χ3n) is 7.15. The van der Waals surface area contributed by atoms with Crippen LogP contribution in [0, 0.1) is 5.41 Å². The highest BCUT2D eigenvalue weighted by atomic mass is 16.6. The average Bonchev–Trinajstić information content (AvgIpc) is 2.93. The molecule has 234 valence electrons. The van der Waals surface area contributed by atoms with Crippen LogP contribution in [0.5, 0.6) is 0 Å². The first kappa shape index (κ1) is 36.1. The van der Waals surface area contributed by atoms with Gasteiger partial charge < -0.3 is 24.6 Å². The molecule has 0 radical (unpaired) electrons. The van der Waals surface area contributed by atoms with Gasteiger partial charge in [0.15, 0.2) is 6.10 Å². The molecule has 0 aromatic heterocycles. The predicted molar refractivity (Wildman–Crippen MR) is 158 cm³/mol. The number of piperazine rings is 1. The summed E-state index contributed by atoms with van der Waals surface area (Å²) in [4.78, 5) is 64.3. The summed E-state index contributed by atoms with van der Waals surface area (Å²) in [6.07, 6.45) is 14.4. The Labute approximate surface area is 246 Å². The second-order valence-electron chi connectivity index (χ2n) is 11.5. The van der Waals surface area contributed by atoms with Crippen LogP contribution in [0.15, 0.2) is 12.2 Å². The lowest BCUT2D eigenvalue weighted by Gasteiger charge is -2.35. The van der Waals surface area contributed by atoms with Crippen molar-refractivity contribution in [2.24, 2.45) is 5.41 Å². The van der Waals surface area contributed by atoms with Crippen LogP contribution >= 0.6 is 0 Å². The molecule has 1 heterocycles. The maximum Gasteiger partial charge on any atom is 0.303 e. The van der Waals surface area contributed by atoms with Crippen LogP contribution in [0.3, 0.4) is 0 Å². The summed E-state index contributed by atoms with van der Waals surface area (Å²) in [6.45, 7) is 9.92. The summed E-state index contributed by atoms with van der Waals surface area (Å²) in [5.41, 5.74) is -0.959. The predicted octanol–water partition coefficient (Wildman–Crippen LogP) is 4.16. The summed E-state index contributed by atoms with van der Waals surface area (Å²) in [6, 6.07) is 0. The van der Waals surface area contributed by atoms with Crippen LogP contribution in [0.1, 0.15) is 105 Å². The SMILES string of the molecule is CCCCCCC=CCCCCCC(=O)N1CCN(C(=O)CCNC(=O)C(OC(C)=O)C(C)(C)COC(C)=O)CC1. The van der Waals surface area contributed by atoms with E-state index in [-0.39, 0.29) is 31.4 Å². The fourth-order valence-corrected chi connectivity index (χ4v) is 4.64. The van der Waals surface area contributed by atoms with Gasteiger partial charge in [-0.05, 0) is 32.1 Å². The molecule has 1 atom stereocenters. The van der Waals surface area contributed by atoms with E-state index in [4.69, 9.17) is 9.47 Å². The maximum atomic E-state index is 12.8. The van der Waals surface area contributed by atoms with Gasteiger partial charge in [-0.2, -0.15) is 0 Å². The zero-order chi connectivity index (χ0) is 30.7. The van der Waals surface area contributed by atoms with E-state index in [0.717, 1.165) is 32.1 Å². The number of rotatable bonds is 19. The molecule has 10 nitrogen and oxygen atoms in total. The van der Waals surface area contributed by atoms with Crippen molar-refractivity contribution in [3.63, 3.8) is 0 Å². The highest BCUT2D eigenvalue weighted by molar-refractivity contribution is 5.85. The highest BCUT2D eigenvalue weighted by Crippen LogP contribution is 2.25. The van der Waals surface area contributed by atoms with E-state index in [9.17, 15) is 24.0 Å². The Hall–Kier alpha value is -2.91. The lowest BCUT2D eigenvalue weighted by Crippen LogP contribution is -2.51. The smallest absolute Gasteiger partial charge is 0.303 e. The zero-order valence-corrected chi connectivity index (χ0v) is 26.0. The molecular weight excluding hydrogens is 526 g/mol. The Morgan fingerprint density at radius 2 is 1.32 bits per heavy atom. The van der Waals surface area contributed by atoms with Crippen molar-refractivity contribution < 1.29 is 33.4 Å². The van der Waals surface area contributed by atoms with Gasteiger partial charge >= 0.3 is 11.9 Å². The van der Waals surface area contributed by atoms with E-state index in [1.165, 1.54) is 39.5 Å². The molecule has 0 aliphatic carbocycles. The first-order valence-electron chi connectivity index (χ1n) is 15.3. The third-order valence-corrected chi connectivity index (χ3v) is 7.15. The summed E-state index contributed by atoms with van der Waals surface area (Å²) in [5.74, 6) is -1.66. The van der Waals surface area contributed by atoms with Crippen molar-refractivity contribution in [1.29, 1.82) is 0 Å².